The third-order valence-electron chi connectivity index (χ3n) is 5.14. The van der Waals surface area contributed by atoms with E-state index < -0.39 is 7.14 Å². The number of rotatable bonds is 2. The van der Waals surface area contributed by atoms with Crippen molar-refractivity contribution >= 4 is 12.4 Å². The van der Waals surface area contributed by atoms with Crippen LogP contribution in [-0.4, -0.2) is 11.8 Å². The zero-order chi connectivity index (χ0) is 12.9. The molecule has 5 atom stereocenters. The molecular weight excluding hydrogens is 239 g/mol. The Bertz CT molecular complexity index is 519. The van der Waals surface area contributed by atoms with Gasteiger partial charge in [0.2, 0.25) is 0 Å². The standard InChI is InChI=1S/C16H21OP/c1-11(2)14-9-16-12(3)15(14)10-18(16,17)13-7-5-4-6-8-13/h4-8,12,14-16H,1,9-10H2,2-3H3/t12-,14?,15?,16?,18?/m0/s1. The lowest BCUT2D eigenvalue weighted by molar-refractivity contribution is 0.413. The summed E-state index contributed by atoms with van der Waals surface area (Å²) in [5, 5.41) is 1.10. The highest BCUT2D eigenvalue weighted by Crippen LogP contribution is 2.69. The fraction of sp³-hybridized carbons (Fsp3) is 0.500. The predicted molar refractivity (Wildman–Crippen MR) is 77.9 cm³/mol. The van der Waals surface area contributed by atoms with Crippen LogP contribution in [-0.2, 0) is 4.57 Å². The number of hydrogen-bond donors (Lipinski definition) is 0. The molecule has 1 saturated heterocycles. The maximum absolute atomic E-state index is 13.4. The molecule has 1 nitrogen and oxygen atoms in total. The summed E-state index contributed by atoms with van der Waals surface area (Å²) in [6.07, 6.45) is 1.99. The molecule has 2 bridgehead atoms. The minimum absolute atomic E-state index is 0.395. The average molecular weight is 260 g/mol. The van der Waals surface area contributed by atoms with Crippen LogP contribution in [0.25, 0.3) is 0 Å². The number of allylic oxidation sites excluding steroid dienone is 1. The first-order valence-electron chi connectivity index (χ1n) is 6.84. The average Bonchev–Trinajstić information content (AvgIpc) is 2.81. The minimum atomic E-state index is -2.16. The van der Waals surface area contributed by atoms with Gasteiger partial charge in [0.05, 0.1) is 0 Å². The smallest absolute Gasteiger partial charge is 0.119 e. The van der Waals surface area contributed by atoms with Crippen LogP contribution in [0.2, 0.25) is 0 Å². The van der Waals surface area contributed by atoms with Gasteiger partial charge in [0.25, 0.3) is 0 Å². The van der Waals surface area contributed by atoms with E-state index in [1.165, 1.54) is 5.57 Å². The number of fused-ring (bicyclic) bond motifs is 2. The number of hydrogen-bond acceptors (Lipinski definition) is 1. The van der Waals surface area contributed by atoms with Gasteiger partial charge in [-0.2, -0.15) is 0 Å². The van der Waals surface area contributed by atoms with Crippen molar-refractivity contribution in [1.29, 1.82) is 0 Å². The Morgan fingerprint density at radius 1 is 1.33 bits per heavy atom. The lowest BCUT2D eigenvalue weighted by Crippen LogP contribution is -2.22. The molecular formula is C16H21OP. The maximum atomic E-state index is 13.4. The van der Waals surface area contributed by atoms with Crippen molar-refractivity contribution < 1.29 is 4.57 Å². The minimum Gasteiger partial charge on any atom is -0.318 e. The normalized spacial score (nSPS) is 42.1. The fourth-order valence-electron chi connectivity index (χ4n) is 4.14. The Balaban J connectivity index is 1.97. The highest BCUT2D eigenvalue weighted by Gasteiger charge is 2.57. The van der Waals surface area contributed by atoms with Gasteiger partial charge in [-0.15, -0.1) is 0 Å². The van der Waals surface area contributed by atoms with Gasteiger partial charge in [-0.3, -0.25) is 0 Å². The summed E-state index contributed by atoms with van der Waals surface area (Å²) in [6.45, 7) is 8.54. The van der Waals surface area contributed by atoms with Gasteiger partial charge in [0.1, 0.15) is 7.14 Å². The van der Waals surface area contributed by atoms with Gasteiger partial charge in [-0.1, -0.05) is 49.4 Å². The van der Waals surface area contributed by atoms with Crippen LogP contribution >= 0.6 is 7.14 Å². The topological polar surface area (TPSA) is 17.1 Å². The Kier molecular flexibility index (Phi) is 2.79. The largest absolute Gasteiger partial charge is 0.318 e. The second kappa shape index (κ2) is 4.10. The second-order valence-electron chi connectivity index (χ2n) is 6.09. The molecule has 2 fully saturated rings. The molecule has 18 heavy (non-hydrogen) atoms. The molecule has 2 aliphatic rings. The molecule has 4 unspecified atom stereocenters. The van der Waals surface area contributed by atoms with E-state index >= 15 is 0 Å². The van der Waals surface area contributed by atoms with Crippen LogP contribution in [0, 0.1) is 17.8 Å². The molecule has 96 valence electrons. The van der Waals surface area contributed by atoms with Crippen molar-refractivity contribution in [1.82, 2.24) is 0 Å². The van der Waals surface area contributed by atoms with Crippen LogP contribution in [0.3, 0.4) is 0 Å². The van der Waals surface area contributed by atoms with Gasteiger partial charge in [0, 0.05) is 17.1 Å². The van der Waals surface area contributed by atoms with Gasteiger partial charge >= 0.3 is 0 Å². The van der Waals surface area contributed by atoms with Crippen molar-refractivity contribution in [2.75, 3.05) is 6.16 Å². The maximum Gasteiger partial charge on any atom is 0.119 e. The third kappa shape index (κ3) is 1.57. The summed E-state index contributed by atoms with van der Waals surface area (Å²) in [7, 11) is -2.16. The summed E-state index contributed by atoms with van der Waals surface area (Å²) in [5.41, 5.74) is 1.68. The van der Waals surface area contributed by atoms with E-state index in [-0.39, 0.29) is 0 Å². The first-order valence-corrected chi connectivity index (χ1v) is 8.80. The van der Waals surface area contributed by atoms with E-state index in [9.17, 15) is 4.57 Å². The van der Waals surface area contributed by atoms with E-state index in [4.69, 9.17) is 0 Å². The first-order chi connectivity index (χ1) is 8.54. The van der Waals surface area contributed by atoms with Crippen molar-refractivity contribution in [3.63, 3.8) is 0 Å². The highest BCUT2D eigenvalue weighted by atomic mass is 31.2. The summed E-state index contributed by atoms with van der Waals surface area (Å²) >= 11 is 0. The third-order valence-corrected chi connectivity index (χ3v) is 9.03. The van der Waals surface area contributed by atoms with Crippen LogP contribution in [0.5, 0.6) is 0 Å². The van der Waals surface area contributed by atoms with Crippen LogP contribution < -0.4 is 5.30 Å². The predicted octanol–water partition coefficient (Wildman–Crippen LogP) is 3.91. The molecule has 3 rings (SSSR count). The molecule has 1 aliphatic carbocycles. The van der Waals surface area contributed by atoms with E-state index in [1.807, 2.05) is 18.2 Å². The quantitative estimate of drug-likeness (QED) is 0.582. The molecule has 0 spiro atoms. The second-order valence-corrected chi connectivity index (χ2v) is 9.23. The van der Waals surface area contributed by atoms with Gasteiger partial charge < -0.3 is 4.57 Å². The Labute approximate surface area is 110 Å². The van der Waals surface area contributed by atoms with E-state index in [0.717, 1.165) is 17.9 Å². The van der Waals surface area contributed by atoms with E-state index in [1.54, 1.807) is 0 Å². The number of benzene rings is 1. The Hall–Kier alpha value is -0.810. The van der Waals surface area contributed by atoms with Crippen molar-refractivity contribution in [2.24, 2.45) is 17.8 Å². The zero-order valence-corrected chi connectivity index (χ0v) is 12.1. The molecule has 0 N–H and O–H groups in total. The monoisotopic (exact) mass is 260 g/mol. The van der Waals surface area contributed by atoms with Gasteiger partial charge in [-0.25, -0.2) is 0 Å². The molecule has 0 amide bonds. The molecule has 1 saturated carbocycles. The molecule has 1 aliphatic heterocycles. The molecule has 1 aromatic carbocycles. The van der Waals surface area contributed by atoms with Crippen molar-refractivity contribution in [3.8, 4) is 0 Å². The SMILES string of the molecule is C=C(C)C1CC2[C@@H](C)C1CP2(=O)c1ccccc1. The summed E-state index contributed by atoms with van der Waals surface area (Å²) in [6, 6.07) is 10.2. The highest BCUT2D eigenvalue weighted by molar-refractivity contribution is 7.72. The first kappa shape index (κ1) is 12.2. The zero-order valence-electron chi connectivity index (χ0n) is 11.2. The van der Waals surface area contributed by atoms with Crippen LogP contribution in [0.15, 0.2) is 42.5 Å². The summed E-state index contributed by atoms with van der Waals surface area (Å²) in [4.78, 5) is 0. The van der Waals surface area contributed by atoms with E-state index in [2.05, 4.69) is 32.6 Å². The van der Waals surface area contributed by atoms with Crippen LogP contribution in [0.1, 0.15) is 20.3 Å². The van der Waals surface area contributed by atoms with Crippen molar-refractivity contribution in [2.45, 2.75) is 25.9 Å². The molecule has 1 heterocycles. The van der Waals surface area contributed by atoms with Crippen molar-refractivity contribution in [3.05, 3.63) is 42.5 Å². The van der Waals surface area contributed by atoms with Crippen LogP contribution in [0.4, 0.5) is 0 Å². The van der Waals surface area contributed by atoms with Gasteiger partial charge in [0.15, 0.2) is 0 Å². The fourth-order valence-corrected chi connectivity index (χ4v) is 8.44. The summed E-state index contributed by atoms with van der Waals surface area (Å²) < 4.78 is 13.4. The van der Waals surface area contributed by atoms with Gasteiger partial charge in [-0.05, 0) is 31.1 Å². The Morgan fingerprint density at radius 3 is 2.50 bits per heavy atom. The summed E-state index contributed by atoms with van der Waals surface area (Å²) in [5.74, 6) is 1.80. The molecule has 1 aromatic rings. The molecule has 0 radical (unpaired) electrons. The lowest BCUT2D eigenvalue weighted by Gasteiger charge is -2.29. The van der Waals surface area contributed by atoms with E-state index in [0.29, 0.717) is 23.4 Å². The molecule has 0 aromatic heterocycles. The lowest BCUT2D eigenvalue weighted by atomic mass is 9.88. The molecule has 2 heteroatoms. The Morgan fingerprint density at radius 2 is 2.00 bits per heavy atom.